The van der Waals surface area contributed by atoms with Gasteiger partial charge in [0.25, 0.3) is 11.6 Å². The number of carbonyl (C=O) groups is 2. The Labute approximate surface area is 140 Å². The van der Waals surface area contributed by atoms with Gasteiger partial charge in [-0.15, -0.1) is 0 Å². The normalized spacial score (nSPS) is 18.8. The van der Waals surface area contributed by atoms with E-state index in [1.165, 1.54) is 24.3 Å². The SMILES string of the molecule is CNC1CCCN(C(=O)C(C)NC(=O)c2cccc([N+](=O)[O-])c2)C1. The smallest absolute Gasteiger partial charge is 0.270 e. The fourth-order valence-electron chi connectivity index (χ4n) is 2.79. The van der Waals surface area contributed by atoms with Crippen LogP contribution in [0.3, 0.4) is 0 Å². The van der Waals surface area contributed by atoms with Crippen LogP contribution in [0.1, 0.15) is 30.1 Å². The van der Waals surface area contributed by atoms with Gasteiger partial charge < -0.3 is 15.5 Å². The Kier molecular flexibility index (Phi) is 5.86. The maximum absolute atomic E-state index is 12.5. The number of rotatable bonds is 5. The van der Waals surface area contributed by atoms with Crippen molar-refractivity contribution in [3.8, 4) is 0 Å². The minimum Gasteiger partial charge on any atom is -0.341 e. The van der Waals surface area contributed by atoms with Crippen LogP contribution in [0.5, 0.6) is 0 Å². The average molecular weight is 334 g/mol. The van der Waals surface area contributed by atoms with Gasteiger partial charge in [-0.05, 0) is 32.9 Å². The molecule has 2 amide bonds. The van der Waals surface area contributed by atoms with Gasteiger partial charge in [0.15, 0.2) is 0 Å². The number of non-ortho nitro benzene ring substituents is 1. The molecule has 8 heteroatoms. The molecular formula is C16H22N4O4. The summed E-state index contributed by atoms with van der Waals surface area (Å²) in [4.78, 5) is 36.7. The summed E-state index contributed by atoms with van der Waals surface area (Å²) in [5.74, 6) is -0.643. The summed E-state index contributed by atoms with van der Waals surface area (Å²) in [5, 5.41) is 16.6. The first-order valence-corrected chi connectivity index (χ1v) is 7.93. The molecule has 1 aliphatic heterocycles. The Hall–Kier alpha value is -2.48. The van der Waals surface area contributed by atoms with Crippen molar-refractivity contribution in [3.63, 3.8) is 0 Å². The molecule has 24 heavy (non-hydrogen) atoms. The molecule has 0 radical (unpaired) electrons. The molecule has 2 N–H and O–H groups in total. The molecule has 8 nitrogen and oxygen atoms in total. The number of carbonyl (C=O) groups excluding carboxylic acids is 2. The zero-order valence-electron chi connectivity index (χ0n) is 13.8. The second-order valence-electron chi connectivity index (χ2n) is 5.91. The minimum absolute atomic E-state index is 0.145. The lowest BCUT2D eigenvalue weighted by atomic mass is 10.0. The number of likely N-dealkylation sites (tertiary alicyclic amines) is 1. The summed E-state index contributed by atoms with van der Waals surface area (Å²) >= 11 is 0. The van der Waals surface area contributed by atoms with Gasteiger partial charge in [-0.25, -0.2) is 0 Å². The average Bonchev–Trinajstić information content (AvgIpc) is 2.61. The van der Waals surface area contributed by atoms with Gasteiger partial charge in [-0.1, -0.05) is 6.07 Å². The zero-order valence-corrected chi connectivity index (χ0v) is 13.8. The highest BCUT2D eigenvalue weighted by atomic mass is 16.6. The molecule has 2 rings (SSSR count). The number of piperidine rings is 1. The molecule has 2 unspecified atom stereocenters. The van der Waals surface area contributed by atoms with Crippen LogP contribution < -0.4 is 10.6 Å². The summed E-state index contributed by atoms with van der Waals surface area (Å²) < 4.78 is 0. The van der Waals surface area contributed by atoms with Crippen LogP contribution in [0.2, 0.25) is 0 Å². The van der Waals surface area contributed by atoms with Crippen molar-refractivity contribution in [3.05, 3.63) is 39.9 Å². The van der Waals surface area contributed by atoms with Crippen LogP contribution in [0, 0.1) is 10.1 Å². The van der Waals surface area contributed by atoms with E-state index in [1.807, 2.05) is 7.05 Å². The fourth-order valence-corrected chi connectivity index (χ4v) is 2.79. The Morgan fingerprint density at radius 3 is 2.83 bits per heavy atom. The number of hydrogen-bond acceptors (Lipinski definition) is 5. The number of hydrogen-bond donors (Lipinski definition) is 2. The van der Waals surface area contributed by atoms with Crippen LogP contribution in [-0.2, 0) is 4.79 Å². The van der Waals surface area contributed by atoms with Gasteiger partial charge in [0.1, 0.15) is 6.04 Å². The van der Waals surface area contributed by atoms with E-state index in [4.69, 9.17) is 0 Å². The Balaban J connectivity index is 1.99. The Bertz CT molecular complexity index is 634. The largest absolute Gasteiger partial charge is 0.341 e. The molecular weight excluding hydrogens is 312 g/mol. The first kappa shape index (κ1) is 17.9. The number of nitro groups is 1. The number of nitro benzene ring substituents is 1. The zero-order chi connectivity index (χ0) is 17.7. The lowest BCUT2D eigenvalue weighted by molar-refractivity contribution is -0.384. The van der Waals surface area contributed by atoms with Gasteiger partial charge in [-0.3, -0.25) is 19.7 Å². The third-order valence-corrected chi connectivity index (χ3v) is 4.18. The molecule has 0 spiro atoms. The van der Waals surface area contributed by atoms with Gasteiger partial charge in [-0.2, -0.15) is 0 Å². The van der Waals surface area contributed by atoms with Crippen LogP contribution in [0.15, 0.2) is 24.3 Å². The number of nitrogens with one attached hydrogen (secondary N) is 2. The molecule has 0 saturated carbocycles. The van der Waals surface area contributed by atoms with E-state index in [0.29, 0.717) is 13.1 Å². The number of amides is 2. The predicted octanol–water partition coefficient (Wildman–Crippen LogP) is 0.924. The van der Waals surface area contributed by atoms with Crippen LogP contribution in [-0.4, -0.2) is 53.9 Å². The fraction of sp³-hybridized carbons (Fsp3) is 0.500. The van der Waals surface area contributed by atoms with E-state index >= 15 is 0 Å². The van der Waals surface area contributed by atoms with Crippen molar-refractivity contribution in [1.82, 2.24) is 15.5 Å². The van der Waals surface area contributed by atoms with Crippen LogP contribution in [0.25, 0.3) is 0 Å². The molecule has 1 aromatic carbocycles. The number of likely N-dealkylation sites (N-methyl/N-ethyl adjacent to an activating group) is 1. The predicted molar refractivity (Wildman–Crippen MR) is 88.7 cm³/mol. The van der Waals surface area contributed by atoms with E-state index in [1.54, 1.807) is 11.8 Å². The summed E-state index contributed by atoms with van der Waals surface area (Å²) in [6, 6.07) is 5.02. The summed E-state index contributed by atoms with van der Waals surface area (Å²) in [5.41, 5.74) is 0.00474. The van der Waals surface area contributed by atoms with Crippen molar-refractivity contribution in [1.29, 1.82) is 0 Å². The van der Waals surface area contributed by atoms with Crippen LogP contribution in [0.4, 0.5) is 5.69 Å². The Morgan fingerprint density at radius 2 is 2.17 bits per heavy atom. The molecule has 1 heterocycles. The molecule has 130 valence electrons. The summed E-state index contributed by atoms with van der Waals surface area (Å²) in [7, 11) is 1.87. The van der Waals surface area contributed by atoms with E-state index in [0.717, 1.165) is 12.8 Å². The highest BCUT2D eigenvalue weighted by molar-refractivity contribution is 5.97. The minimum atomic E-state index is -0.688. The maximum atomic E-state index is 12.5. The van der Waals surface area contributed by atoms with Gasteiger partial charge in [0.2, 0.25) is 5.91 Å². The van der Waals surface area contributed by atoms with Crippen molar-refractivity contribution < 1.29 is 14.5 Å². The van der Waals surface area contributed by atoms with Gasteiger partial charge >= 0.3 is 0 Å². The van der Waals surface area contributed by atoms with E-state index in [9.17, 15) is 19.7 Å². The number of nitrogens with zero attached hydrogens (tertiary/aromatic N) is 2. The third kappa shape index (κ3) is 4.29. The van der Waals surface area contributed by atoms with Crippen molar-refractivity contribution >= 4 is 17.5 Å². The lowest BCUT2D eigenvalue weighted by Crippen LogP contribution is -2.53. The maximum Gasteiger partial charge on any atom is 0.270 e. The van der Waals surface area contributed by atoms with Crippen molar-refractivity contribution in [2.45, 2.75) is 31.8 Å². The first-order chi connectivity index (χ1) is 11.4. The van der Waals surface area contributed by atoms with E-state index in [-0.39, 0.29) is 23.2 Å². The van der Waals surface area contributed by atoms with Crippen molar-refractivity contribution in [2.24, 2.45) is 0 Å². The molecule has 0 aliphatic carbocycles. The molecule has 1 aromatic rings. The van der Waals surface area contributed by atoms with E-state index in [2.05, 4.69) is 10.6 Å². The third-order valence-electron chi connectivity index (χ3n) is 4.18. The number of benzene rings is 1. The molecule has 0 aromatic heterocycles. The Morgan fingerprint density at radius 1 is 1.42 bits per heavy atom. The molecule has 1 aliphatic rings. The van der Waals surface area contributed by atoms with Crippen LogP contribution >= 0.6 is 0 Å². The molecule has 0 bridgehead atoms. The molecule has 1 fully saturated rings. The lowest BCUT2D eigenvalue weighted by Gasteiger charge is -2.34. The topological polar surface area (TPSA) is 105 Å². The summed E-state index contributed by atoms with van der Waals surface area (Å²) in [6.45, 7) is 2.92. The summed E-state index contributed by atoms with van der Waals surface area (Å²) in [6.07, 6.45) is 1.94. The molecule has 2 atom stereocenters. The van der Waals surface area contributed by atoms with Gasteiger partial charge in [0.05, 0.1) is 4.92 Å². The van der Waals surface area contributed by atoms with Gasteiger partial charge in [0, 0.05) is 36.8 Å². The standard InChI is InChI=1S/C16H22N4O4/c1-11(16(22)19-8-4-6-13(10-19)17-2)18-15(21)12-5-3-7-14(9-12)20(23)24/h3,5,7,9,11,13,17H,4,6,8,10H2,1-2H3,(H,18,21). The van der Waals surface area contributed by atoms with Crippen molar-refractivity contribution in [2.75, 3.05) is 20.1 Å². The highest BCUT2D eigenvalue weighted by Gasteiger charge is 2.27. The second-order valence-corrected chi connectivity index (χ2v) is 5.91. The molecule has 1 saturated heterocycles. The first-order valence-electron chi connectivity index (χ1n) is 7.93. The van der Waals surface area contributed by atoms with E-state index < -0.39 is 16.9 Å². The highest BCUT2D eigenvalue weighted by Crippen LogP contribution is 2.14. The second kappa shape index (κ2) is 7.87. The quantitative estimate of drug-likeness (QED) is 0.615. The monoisotopic (exact) mass is 334 g/mol.